The van der Waals surface area contributed by atoms with Crippen LogP contribution >= 0.6 is 0 Å². The number of hydrogen-bond acceptors (Lipinski definition) is 9. The van der Waals surface area contributed by atoms with E-state index < -0.39 is 20.9 Å². The number of methoxy groups -OCH3 is 1. The van der Waals surface area contributed by atoms with Crippen LogP contribution in [0.3, 0.4) is 0 Å². The van der Waals surface area contributed by atoms with Crippen LogP contribution in [0.4, 0.5) is 11.5 Å². The number of hydrogen-bond donors (Lipinski definition) is 1. The minimum absolute atomic E-state index is 0.177. The summed E-state index contributed by atoms with van der Waals surface area (Å²) in [6.07, 6.45) is 4.92. The monoisotopic (exact) mass is 600 g/mol. The van der Waals surface area contributed by atoms with Crippen LogP contribution in [0.2, 0.25) is 0 Å². The van der Waals surface area contributed by atoms with Crippen molar-refractivity contribution in [2.75, 3.05) is 42.9 Å². The molecule has 1 saturated heterocycles. The molecule has 42 heavy (non-hydrogen) atoms. The molecule has 214 valence electrons. The molecule has 0 unspecified atom stereocenters. The van der Waals surface area contributed by atoms with Gasteiger partial charge in [-0.25, -0.2) is 8.42 Å². The first-order chi connectivity index (χ1) is 20.4. The first-order valence-electron chi connectivity index (χ1n) is 13.3. The summed E-state index contributed by atoms with van der Waals surface area (Å²) in [6.45, 7) is 2.54. The van der Waals surface area contributed by atoms with E-state index in [9.17, 15) is 12.5 Å². The molecule has 1 N–H and O–H groups in total. The molecule has 0 aliphatic carbocycles. The van der Waals surface area contributed by atoms with Crippen molar-refractivity contribution in [2.45, 2.75) is 9.79 Å². The van der Waals surface area contributed by atoms with Crippen molar-refractivity contribution in [3.8, 4) is 16.9 Å². The molecule has 0 saturated carbocycles. The van der Waals surface area contributed by atoms with Crippen molar-refractivity contribution in [1.82, 2.24) is 19.3 Å². The number of anilines is 2. The van der Waals surface area contributed by atoms with Crippen LogP contribution in [0.1, 0.15) is 0 Å². The Morgan fingerprint density at radius 2 is 1.67 bits per heavy atom. The van der Waals surface area contributed by atoms with Gasteiger partial charge in [0.05, 0.1) is 16.8 Å². The van der Waals surface area contributed by atoms with Crippen LogP contribution in [0.5, 0.6) is 5.75 Å². The molecule has 1 aliphatic rings. The van der Waals surface area contributed by atoms with E-state index in [4.69, 9.17) is 9.72 Å². The maximum atomic E-state index is 13.1. The average Bonchev–Trinajstić information content (AvgIpc) is 3.04. The zero-order chi connectivity index (χ0) is 29.1. The number of ether oxygens (including phenoxy) is 1. The zero-order valence-corrected chi connectivity index (χ0v) is 24.4. The van der Waals surface area contributed by atoms with Gasteiger partial charge in [-0.1, -0.05) is 18.2 Å². The second-order valence-electron chi connectivity index (χ2n) is 9.66. The molecule has 0 spiro atoms. The Balaban J connectivity index is 1.18. The van der Waals surface area contributed by atoms with Crippen LogP contribution in [0, 0.1) is 0 Å². The van der Waals surface area contributed by atoms with Gasteiger partial charge in [-0.15, -0.1) is 0 Å². The van der Waals surface area contributed by atoms with Crippen molar-refractivity contribution in [3.63, 3.8) is 0 Å². The van der Waals surface area contributed by atoms with Gasteiger partial charge >= 0.3 is 172 Å². The Kier molecular flexibility index (Phi) is 7.94. The van der Waals surface area contributed by atoms with E-state index in [1.54, 1.807) is 62.0 Å². The summed E-state index contributed by atoms with van der Waals surface area (Å²) in [5, 5.41) is 0. The van der Waals surface area contributed by atoms with Crippen LogP contribution in [-0.4, -0.2) is 61.0 Å². The summed E-state index contributed by atoms with van der Waals surface area (Å²) in [5.74, 6) is 1.43. The maximum absolute atomic E-state index is 13.1. The summed E-state index contributed by atoms with van der Waals surface area (Å²) in [6, 6.07) is 23.0. The summed E-state index contributed by atoms with van der Waals surface area (Å²) in [5.41, 5.74) is 3.39. The summed E-state index contributed by atoms with van der Waals surface area (Å²) in [4.78, 5) is 16.8. The Labute approximate surface area is 246 Å². The van der Waals surface area contributed by atoms with Gasteiger partial charge in [0.1, 0.15) is 0 Å². The molecule has 0 atom stereocenters. The molecule has 1 fully saturated rings. The van der Waals surface area contributed by atoms with Crippen LogP contribution in [-0.2, 0) is 24.9 Å². The number of fused-ring (bicyclic) bond motifs is 1. The first-order valence-corrected chi connectivity index (χ1v) is 15.8. The summed E-state index contributed by atoms with van der Waals surface area (Å²) < 4.78 is 48.5. The fourth-order valence-corrected chi connectivity index (χ4v) is 7.00. The number of sulfonamides is 1. The van der Waals surface area contributed by atoms with Crippen LogP contribution < -0.4 is 14.4 Å². The quantitative estimate of drug-likeness (QED) is 0.223. The molecule has 5 aromatic rings. The molecule has 3 aromatic carbocycles. The van der Waals surface area contributed by atoms with Crippen molar-refractivity contribution in [3.05, 3.63) is 97.5 Å². The van der Waals surface area contributed by atoms with Crippen molar-refractivity contribution in [2.24, 2.45) is 0 Å². The van der Waals surface area contributed by atoms with Gasteiger partial charge in [0.25, 0.3) is 10.0 Å². The minimum atomic E-state index is -3.74. The SMILES string of the molecule is COc1cccc([S-](#[O+])N2CCN(c3cnc4ccc(-c5cncc(NS(=O)(=O)c6ccccc6)c5)cc4n3)CC2)c1. The van der Waals surface area contributed by atoms with Gasteiger partial charge in [0, 0.05) is 0 Å². The second kappa shape index (κ2) is 11.9. The molecular formula is C30H28N6O4S2. The van der Waals surface area contributed by atoms with Gasteiger partial charge in [-0.3, -0.25) is 9.71 Å². The number of aromatic nitrogens is 3. The molecular weight excluding hydrogens is 573 g/mol. The van der Waals surface area contributed by atoms with Gasteiger partial charge in [0.2, 0.25) is 0 Å². The van der Waals surface area contributed by atoms with Gasteiger partial charge in [0.15, 0.2) is 0 Å². The molecule has 0 bridgehead atoms. The number of nitrogens with one attached hydrogen (secondary N) is 1. The van der Waals surface area contributed by atoms with E-state index in [1.165, 1.54) is 6.20 Å². The van der Waals surface area contributed by atoms with Gasteiger partial charge in [-0.2, -0.15) is 0 Å². The molecule has 6 rings (SSSR count). The average molecular weight is 601 g/mol. The topological polar surface area (TPSA) is 120 Å². The number of piperazine rings is 1. The Bertz CT molecular complexity index is 1920. The molecule has 2 aromatic heterocycles. The van der Waals surface area contributed by atoms with E-state index in [0.29, 0.717) is 48.0 Å². The van der Waals surface area contributed by atoms with Gasteiger partial charge in [-0.05, 0) is 12.1 Å². The van der Waals surface area contributed by atoms with Crippen LogP contribution in [0.15, 0.2) is 107 Å². The Morgan fingerprint density at radius 1 is 0.857 bits per heavy atom. The third kappa shape index (κ3) is 6.02. The summed E-state index contributed by atoms with van der Waals surface area (Å²) in [7, 11) is -3.42. The standard InChI is InChI=1S/C30H28N6O4S2/c1-40-25-6-5-7-26(18-25)41(37)36-14-12-35(13-15-36)30-21-32-28-11-10-22(17-29(28)33-30)23-16-24(20-31-19-23)34-42(38,39)27-8-3-2-4-9-27/h2-11,16-21,34H,12-15H2,1H3. The molecule has 0 amide bonds. The van der Waals surface area contributed by atoms with Crippen molar-refractivity contribution in [1.29, 1.82) is 0 Å². The molecule has 1 aliphatic heterocycles. The van der Waals surface area contributed by atoms with E-state index in [1.807, 2.05) is 40.7 Å². The van der Waals surface area contributed by atoms with Crippen molar-refractivity contribution >= 4 is 43.4 Å². The van der Waals surface area contributed by atoms with E-state index in [2.05, 4.69) is 19.6 Å². The van der Waals surface area contributed by atoms with E-state index in [-0.39, 0.29) is 4.90 Å². The molecule has 0 radical (unpaired) electrons. The Morgan fingerprint density at radius 3 is 2.45 bits per heavy atom. The number of nitrogens with zero attached hydrogens (tertiary/aromatic N) is 5. The normalized spacial score (nSPS) is 14.3. The second-order valence-corrected chi connectivity index (χ2v) is 12.8. The fraction of sp³-hybridized carbons (Fsp3) is 0.167. The summed E-state index contributed by atoms with van der Waals surface area (Å²) >= 11 is 0. The third-order valence-corrected chi connectivity index (χ3v) is 9.84. The Hall–Kier alpha value is -4.23. The molecule has 12 heteroatoms. The van der Waals surface area contributed by atoms with Crippen LogP contribution in [0.25, 0.3) is 22.2 Å². The predicted octanol–water partition coefficient (Wildman–Crippen LogP) is 4.56. The fourth-order valence-electron chi connectivity index (χ4n) is 4.74. The number of benzene rings is 3. The number of rotatable bonds is 6. The van der Waals surface area contributed by atoms with E-state index in [0.717, 1.165) is 22.5 Å². The van der Waals surface area contributed by atoms with Gasteiger partial charge < -0.3 is 0 Å². The molecule has 3 heterocycles. The van der Waals surface area contributed by atoms with Crippen molar-refractivity contribution < 1.29 is 17.2 Å². The first kappa shape index (κ1) is 27.9. The zero-order valence-electron chi connectivity index (χ0n) is 22.8. The van der Waals surface area contributed by atoms with E-state index >= 15 is 0 Å². The third-order valence-electron chi connectivity index (χ3n) is 6.95. The molecule has 10 nitrogen and oxygen atoms in total. The predicted molar refractivity (Wildman–Crippen MR) is 163 cm³/mol. The number of pyridine rings is 1.